The molecular formula is C12H23NO4. The minimum Gasteiger partial charge on any atom is -0.479 e. The zero-order valence-electron chi connectivity index (χ0n) is 10.5. The average molecular weight is 245 g/mol. The molecule has 0 fully saturated rings. The Bertz CT molecular complexity index is 219. The van der Waals surface area contributed by atoms with Gasteiger partial charge in [-0.15, -0.1) is 0 Å². The van der Waals surface area contributed by atoms with E-state index in [4.69, 9.17) is 5.11 Å². The maximum atomic E-state index is 11.1. The van der Waals surface area contributed by atoms with Crippen LogP contribution in [0.3, 0.4) is 0 Å². The van der Waals surface area contributed by atoms with Crippen LogP contribution in [0.4, 0.5) is 0 Å². The monoisotopic (exact) mass is 245 g/mol. The number of aliphatic carboxylic acids is 1. The number of amides is 1. The Hall–Kier alpha value is -1.10. The van der Waals surface area contributed by atoms with Crippen LogP contribution in [0.5, 0.6) is 0 Å². The highest BCUT2D eigenvalue weighted by Gasteiger charge is 2.02. The summed E-state index contributed by atoms with van der Waals surface area (Å²) in [6, 6.07) is 0. The van der Waals surface area contributed by atoms with Crippen molar-refractivity contribution in [2.45, 2.75) is 58.3 Å². The number of carbonyl (C=O) groups is 2. The molecule has 0 heterocycles. The van der Waals surface area contributed by atoms with E-state index in [1.54, 1.807) is 0 Å². The molecule has 0 spiro atoms. The van der Waals surface area contributed by atoms with Gasteiger partial charge < -0.3 is 5.11 Å². The van der Waals surface area contributed by atoms with E-state index in [0.29, 0.717) is 6.42 Å². The van der Waals surface area contributed by atoms with Gasteiger partial charge in [0.1, 0.15) is 0 Å². The van der Waals surface area contributed by atoms with Crippen molar-refractivity contribution in [2.24, 2.45) is 0 Å². The number of hydrogen-bond donors (Lipinski definition) is 2. The highest BCUT2D eigenvalue weighted by molar-refractivity contribution is 5.75. The van der Waals surface area contributed by atoms with Crippen molar-refractivity contribution >= 4 is 11.9 Å². The third-order valence-corrected chi connectivity index (χ3v) is 2.39. The van der Waals surface area contributed by atoms with Crippen molar-refractivity contribution in [2.75, 3.05) is 6.61 Å². The number of hydroxylamine groups is 1. The fraction of sp³-hybridized carbons (Fsp3) is 0.833. The molecule has 0 rings (SSSR count). The maximum absolute atomic E-state index is 11.1. The van der Waals surface area contributed by atoms with Crippen LogP contribution in [0.1, 0.15) is 58.3 Å². The van der Waals surface area contributed by atoms with Crippen LogP contribution in [0.25, 0.3) is 0 Å². The first-order valence-electron chi connectivity index (χ1n) is 6.29. The number of rotatable bonds is 11. The summed E-state index contributed by atoms with van der Waals surface area (Å²) in [5.74, 6) is -1.35. The molecule has 0 radical (unpaired) electrons. The predicted octanol–water partition coefficient (Wildman–Crippen LogP) is 2.26. The van der Waals surface area contributed by atoms with Gasteiger partial charge in [-0.25, -0.2) is 10.3 Å². The van der Waals surface area contributed by atoms with E-state index in [9.17, 15) is 9.59 Å². The molecule has 0 unspecified atom stereocenters. The summed E-state index contributed by atoms with van der Waals surface area (Å²) in [7, 11) is 0. The predicted molar refractivity (Wildman–Crippen MR) is 64.3 cm³/mol. The summed E-state index contributed by atoms with van der Waals surface area (Å²) in [5.41, 5.74) is 2.11. The average Bonchev–Trinajstić information content (AvgIpc) is 2.27. The first kappa shape index (κ1) is 15.9. The van der Waals surface area contributed by atoms with Crippen LogP contribution in [0, 0.1) is 0 Å². The molecule has 0 aliphatic heterocycles. The highest BCUT2D eigenvalue weighted by atomic mass is 16.7. The Labute approximate surface area is 102 Å². The number of carboxylic acid groups (broad SMARTS) is 1. The number of nitrogens with one attached hydrogen (secondary N) is 1. The van der Waals surface area contributed by atoms with E-state index in [1.807, 2.05) is 0 Å². The number of hydrogen-bond acceptors (Lipinski definition) is 3. The van der Waals surface area contributed by atoms with Gasteiger partial charge in [0.2, 0.25) is 5.91 Å². The molecule has 0 bridgehead atoms. The lowest BCUT2D eigenvalue weighted by Gasteiger charge is -2.03. The molecular weight excluding hydrogens is 222 g/mol. The zero-order chi connectivity index (χ0) is 12.9. The first-order chi connectivity index (χ1) is 8.16. The van der Waals surface area contributed by atoms with E-state index in [-0.39, 0.29) is 5.91 Å². The van der Waals surface area contributed by atoms with Gasteiger partial charge in [0, 0.05) is 6.42 Å². The van der Waals surface area contributed by atoms with E-state index in [2.05, 4.69) is 17.2 Å². The largest absolute Gasteiger partial charge is 0.479 e. The molecule has 17 heavy (non-hydrogen) atoms. The second kappa shape index (κ2) is 11.4. The molecule has 0 saturated carbocycles. The quantitative estimate of drug-likeness (QED) is 0.432. The molecule has 5 heteroatoms. The van der Waals surface area contributed by atoms with Gasteiger partial charge in [-0.3, -0.25) is 9.63 Å². The standard InChI is InChI=1S/C12H23NO4/c1-2-3-4-5-6-7-8-9-11(14)13-17-10-12(15)16/h2-10H2,1H3,(H,13,14)(H,15,16). The Morgan fingerprint density at radius 3 is 2.24 bits per heavy atom. The summed E-state index contributed by atoms with van der Waals surface area (Å²) in [4.78, 5) is 25.7. The zero-order valence-corrected chi connectivity index (χ0v) is 10.5. The maximum Gasteiger partial charge on any atom is 0.332 e. The molecule has 100 valence electrons. The Morgan fingerprint density at radius 1 is 1.06 bits per heavy atom. The molecule has 0 atom stereocenters. The molecule has 0 saturated heterocycles. The molecule has 2 N–H and O–H groups in total. The first-order valence-corrected chi connectivity index (χ1v) is 6.29. The topological polar surface area (TPSA) is 75.6 Å². The number of carbonyl (C=O) groups excluding carboxylic acids is 1. The summed E-state index contributed by atoms with van der Waals surface area (Å²) in [6.45, 7) is 1.68. The summed E-state index contributed by atoms with van der Waals surface area (Å²) in [6.07, 6.45) is 8.43. The van der Waals surface area contributed by atoms with Crippen LogP contribution in [-0.2, 0) is 14.4 Å². The van der Waals surface area contributed by atoms with Gasteiger partial charge >= 0.3 is 5.97 Å². The molecule has 0 aromatic rings. The van der Waals surface area contributed by atoms with Gasteiger partial charge in [-0.05, 0) is 6.42 Å². The molecule has 0 aromatic heterocycles. The van der Waals surface area contributed by atoms with Crippen LogP contribution in [-0.4, -0.2) is 23.6 Å². The third kappa shape index (κ3) is 12.8. The van der Waals surface area contributed by atoms with Gasteiger partial charge in [0.15, 0.2) is 6.61 Å². The minimum atomic E-state index is -1.10. The Morgan fingerprint density at radius 2 is 1.65 bits per heavy atom. The summed E-state index contributed by atoms with van der Waals surface area (Å²) in [5, 5.41) is 8.27. The second-order valence-electron chi connectivity index (χ2n) is 4.08. The molecule has 0 aromatic carbocycles. The molecule has 5 nitrogen and oxygen atoms in total. The van der Waals surface area contributed by atoms with E-state index in [1.165, 1.54) is 25.7 Å². The fourth-order valence-electron chi connectivity index (χ4n) is 1.47. The normalized spacial score (nSPS) is 10.2. The van der Waals surface area contributed by atoms with Crippen molar-refractivity contribution in [1.29, 1.82) is 0 Å². The van der Waals surface area contributed by atoms with Gasteiger partial charge in [0.25, 0.3) is 0 Å². The Kier molecular flexibility index (Phi) is 10.7. The lowest BCUT2D eigenvalue weighted by molar-refractivity contribution is -0.149. The van der Waals surface area contributed by atoms with E-state index in [0.717, 1.165) is 19.3 Å². The van der Waals surface area contributed by atoms with Crippen LogP contribution in [0.15, 0.2) is 0 Å². The molecule has 1 amide bonds. The van der Waals surface area contributed by atoms with Crippen LogP contribution >= 0.6 is 0 Å². The van der Waals surface area contributed by atoms with Crippen molar-refractivity contribution in [1.82, 2.24) is 5.48 Å². The number of unbranched alkanes of at least 4 members (excludes halogenated alkanes) is 6. The molecule has 0 aliphatic rings. The van der Waals surface area contributed by atoms with Crippen molar-refractivity contribution < 1.29 is 19.5 Å². The van der Waals surface area contributed by atoms with Crippen molar-refractivity contribution in [3.63, 3.8) is 0 Å². The Balaban J connectivity index is 3.19. The third-order valence-electron chi connectivity index (χ3n) is 2.39. The van der Waals surface area contributed by atoms with Crippen molar-refractivity contribution in [3.05, 3.63) is 0 Å². The van der Waals surface area contributed by atoms with Crippen LogP contribution < -0.4 is 5.48 Å². The fourth-order valence-corrected chi connectivity index (χ4v) is 1.47. The summed E-state index contributed by atoms with van der Waals surface area (Å²) >= 11 is 0. The molecule has 0 aliphatic carbocycles. The SMILES string of the molecule is CCCCCCCCCC(=O)NOCC(=O)O. The lowest BCUT2D eigenvalue weighted by Crippen LogP contribution is -2.26. The lowest BCUT2D eigenvalue weighted by atomic mass is 10.1. The number of carboxylic acids is 1. The van der Waals surface area contributed by atoms with Gasteiger partial charge in [0.05, 0.1) is 0 Å². The van der Waals surface area contributed by atoms with Gasteiger partial charge in [-0.2, -0.15) is 0 Å². The van der Waals surface area contributed by atoms with E-state index >= 15 is 0 Å². The van der Waals surface area contributed by atoms with Gasteiger partial charge in [-0.1, -0.05) is 45.4 Å². The van der Waals surface area contributed by atoms with Crippen LogP contribution in [0.2, 0.25) is 0 Å². The van der Waals surface area contributed by atoms with E-state index < -0.39 is 12.6 Å². The second-order valence-corrected chi connectivity index (χ2v) is 4.08. The van der Waals surface area contributed by atoms with Crippen molar-refractivity contribution in [3.8, 4) is 0 Å². The smallest absolute Gasteiger partial charge is 0.332 e. The summed E-state index contributed by atoms with van der Waals surface area (Å²) < 4.78 is 0. The highest BCUT2D eigenvalue weighted by Crippen LogP contribution is 2.08. The minimum absolute atomic E-state index is 0.250.